The average molecular weight is 332 g/mol. The number of carbonyl (C=O) groups excluding carboxylic acids is 1. The van der Waals surface area contributed by atoms with Crippen molar-refractivity contribution in [1.82, 2.24) is 9.88 Å². The van der Waals surface area contributed by atoms with Gasteiger partial charge in [0.15, 0.2) is 5.15 Å². The summed E-state index contributed by atoms with van der Waals surface area (Å²) in [4.78, 5) is 17.8. The molecule has 0 radical (unpaired) electrons. The van der Waals surface area contributed by atoms with E-state index in [4.69, 9.17) is 27.6 Å². The van der Waals surface area contributed by atoms with Crippen molar-refractivity contribution >= 4 is 46.7 Å². The lowest BCUT2D eigenvalue weighted by atomic mass is 10.3. The first-order valence-electron chi connectivity index (χ1n) is 5.54. The highest BCUT2D eigenvalue weighted by Gasteiger charge is 2.10. The summed E-state index contributed by atoms with van der Waals surface area (Å²) in [7, 11) is 3.35. The Balaban J connectivity index is 2.03. The van der Waals surface area contributed by atoms with Gasteiger partial charge in [0.25, 0.3) is 5.22 Å². The molecule has 1 heterocycles. The lowest BCUT2D eigenvalue weighted by Gasteiger charge is -2.11. The molecule has 8 heteroatoms. The van der Waals surface area contributed by atoms with E-state index in [9.17, 15) is 4.79 Å². The van der Waals surface area contributed by atoms with Crippen LogP contribution in [0.5, 0.6) is 0 Å². The third-order valence-electron chi connectivity index (χ3n) is 2.25. The van der Waals surface area contributed by atoms with Gasteiger partial charge in [0.2, 0.25) is 5.22 Å². The van der Waals surface area contributed by atoms with Crippen molar-refractivity contribution in [2.45, 2.75) is 10.1 Å². The minimum absolute atomic E-state index is 0.0732. The van der Waals surface area contributed by atoms with E-state index in [0.717, 1.165) is 4.90 Å². The molecule has 1 N–H and O–H groups in total. The van der Waals surface area contributed by atoms with E-state index in [1.165, 1.54) is 16.7 Å². The van der Waals surface area contributed by atoms with Gasteiger partial charge >= 0.3 is 6.03 Å². The molecule has 1 aromatic heterocycles. The monoisotopic (exact) mass is 331 g/mol. The Kier molecular flexibility index (Phi) is 4.80. The van der Waals surface area contributed by atoms with Crippen molar-refractivity contribution in [3.05, 3.63) is 34.6 Å². The molecule has 5 nitrogen and oxygen atoms in total. The second-order valence-corrected chi connectivity index (χ2v) is 5.72. The van der Waals surface area contributed by atoms with Gasteiger partial charge in [-0.05, 0) is 47.6 Å². The Hall–Kier alpha value is -1.37. The van der Waals surface area contributed by atoms with Crippen molar-refractivity contribution in [1.29, 1.82) is 0 Å². The van der Waals surface area contributed by atoms with Gasteiger partial charge in [-0.2, -0.15) is 4.98 Å². The first-order valence-corrected chi connectivity index (χ1v) is 7.11. The van der Waals surface area contributed by atoms with E-state index >= 15 is 0 Å². The zero-order chi connectivity index (χ0) is 14.7. The van der Waals surface area contributed by atoms with Crippen LogP contribution in [0.1, 0.15) is 0 Å². The Morgan fingerprint density at radius 2 is 1.95 bits per heavy atom. The van der Waals surface area contributed by atoms with Crippen molar-refractivity contribution < 1.29 is 9.21 Å². The summed E-state index contributed by atoms with van der Waals surface area (Å²) in [6.45, 7) is 0. The molecule has 0 bridgehead atoms. The Morgan fingerprint density at radius 1 is 1.30 bits per heavy atom. The first kappa shape index (κ1) is 15.0. The number of aromatic nitrogens is 1. The van der Waals surface area contributed by atoms with Crippen LogP contribution in [0.25, 0.3) is 0 Å². The van der Waals surface area contributed by atoms with Crippen molar-refractivity contribution in [3.8, 4) is 0 Å². The molecule has 0 spiro atoms. The van der Waals surface area contributed by atoms with Gasteiger partial charge in [-0.25, -0.2) is 4.79 Å². The second-order valence-electron chi connectivity index (χ2n) is 4.00. The molecule has 2 amide bonds. The number of urea groups is 1. The summed E-state index contributed by atoms with van der Waals surface area (Å²) >= 11 is 12.7. The smallest absolute Gasteiger partial charge is 0.321 e. The Bertz CT molecular complexity index is 594. The summed E-state index contributed by atoms with van der Waals surface area (Å²) in [5.74, 6) is 0. The lowest BCUT2D eigenvalue weighted by Crippen LogP contribution is -2.27. The molecule has 0 aliphatic heterocycles. The summed E-state index contributed by atoms with van der Waals surface area (Å²) in [5.41, 5.74) is 0.705. The highest BCUT2D eigenvalue weighted by Crippen LogP contribution is 2.32. The number of amides is 2. The highest BCUT2D eigenvalue weighted by molar-refractivity contribution is 7.99. The zero-order valence-electron chi connectivity index (χ0n) is 10.7. The second kappa shape index (κ2) is 6.39. The molecule has 106 valence electrons. The zero-order valence-corrected chi connectivity index (χ0v) is 13.0. The van der Waals surface area contributed by atoms with Crippen LogP contribution in [0, 0.1) is 0 Å². The van der Waals surface area contributed by atoms with Gasteiger partial charge in [-0.1, -0.05) is 11.6 Å². The molecular formula is C12H11Cl2N3O2S. The number of oxazole rings is 1. The molecule has 0 unspecified atom stereocenters. The topological polar surface area (TPSA) is 58.4 Å². The molecule has 0 saturated heterocycles. The van der Waals surface area contributed by atoms with Gasteiger partial charge in [0, 0.05) is 24.7 Å². The molecule has 2 rings (SSSR count). The molecule has 0 atom stereocenters. The predicted octanol–water partition coefficient (Wildman–Crippen LogP) is 4.23. The number of hydrogen-bond donors (Lipinski definition) is 1. The maximum Gasteiger partial charge on any atom is 0.321 e. The van der Waals surface area contributed by atoms with Crippen molar-refractivity contribution in [3.63, 3.8) is 0 Å². The van der Waals surface area contributed by atoms with Gasteiger partial charge in [-0.3, -0.25) is 0 Å². The fourth-order valence-corrected chi connectivity index (χ4v) is 2.31. The van der Waals surface area contributed by atoms with E-state index in [1.54, 1.807) is 26.2 Å². The van der Waals surface area contributed by atoms with Crippen LogP contribution in [0.15, 0.2) is 38.8 Å². The summed E-state index contributed by atoms with van der Waals surface area (Å²) in [5, 5.41) is 3.32. The number of nitrogens with one attached hydrogen (secondary N) is 1. The van der Waals surface area contributed by atoms with Gasteiger partial charge in [0.1, 0.15) is 0 Å². The summed E-state index contributed by atoms with van der Waals surface area (Å²) in [6.07, 6.45) is 0. The summed E-state index contributed by atoms with van der Waals surface area (Å²) in [6, 6.07) is 7.06. The van der Waals surface area contributed by atoms with E-state index in [2.05, 4.69) is 10.3 Å². The predicted molar refractivity (Wildman–Crippen MR) is 79.8 cm³/mol. The Morgan fingerprint density at radius 3 is 2.45 bits per heavy atom. The van der Waals surface area contributed by atoms with Gasteiger partial charge in [-0.15, -0.1) is 0 Å². The minimum Gasteiger partial charge on any atom is -0.418 e. The van der Waals surface area contributed by atoms with Crippen LogP contribution >= 0.6 is 35.0 Å². The van der Waals surface area contributed by atoms with E-state index in [0.29, 0.717) is 10.9 Å². The average Bonchev–Trinajstić information content (AvgIpc) is 2.70. The van der Waals surface area contributed by atoms with Crippen LogP contribution in [0.3, 0.4) is 0 Å². The number of nitrogens with zero attached hydrogens (tertiary/aromatic N) is 2. The number of benzene rings is 1. The summed E-state index contributed by atoms with van der Waals surface area (Å²) < 4.78 is 5.15. The number of anilines is 1. The molecule has 0 aliphatic rings. The van der Waals surface area contributed by atoms with E-state index < -0.39 is 0 Å². The van der Waals surface area contributed by atoms with Crippen LogP contribution < -0.4 is 5.32 Å². The van der Waals surface area contributed by atoms with Crippen LogP contribution in [-0.2, 0) is 0 Å². The normalized spacial score (nSPS) is 10.4. The molecule has 1 aromatic carbocycles. The number of rotatable bonds is 3. The Labute approximate surface area is 130 Å². The van der Waals surface area contributed by atoms with Crippen LogP contribution in [0.2, 0.25) is 10.4 Å². The van der Waals surface area contributed by atoms with Crippen LogP contribution in [0.4, 0.5) is 10.5 Å². The third kappa shape index (κ3) is 3.82. The van der Waals surface area contributed by atoms with Crippen molar-refractivity contribution in [2.75, 3.05) is 19.4 Å². The quantitative estimate of drug-likeness (QED) is 0.914. The molecule has 0 fully saturated rings. The maximum absolute atomic E-state index is 11.5. The largest absolute Gasteiger partial charge is 0.418 e. The van der Waals surface area contributed by atoms with Crippen molar-refractivity contribution in [2.24, 2.45) is 0 Å². The SMILES string of the molecule is CN(C)C(=O)Nc1ccc(Sc2nc(Cl)c(Cl)o2)cc1. The number of carbonyl (C=O) groups is 1. The lowest BCUT2D eigenvalue weighted by molar-refractivity contribution is 0.230. The molecule has 20 heavy (non-hydrogen) atoms. The molecule has 0 saturated carbocycles. The molecule has 2 aromatic rings. The third-order valence-corrected chi connectivity index (χ3v) is 3.71. The first-order chi connectivity index (χ1) is 9.45. The molecule has 0 aliphatic carbocycles. The standard InChI is InChI=1S/C12H11Cl2N3O2S/c1-17(2)11(18)15-7-3-5-8(6-4-7)20-12-16-9(13)10(14)19-12/h3-6H,1-2H3,(H,15,18). The van der Waals surface area contributed by atoms with Gasteiger partial charge < -0.3 is 14.6 Å². The minimum atomic E-state index is -0.184. The van der Waals surface area contributed by atoms with Gasteiger partial charge in [0.05, 0.1) is 0 Å². The fourth-order valence-electron chi connectivity index (χ4n) is 1.25. The number of halogens is 2. The fraction of sp³-hybridized carbons (Fsp3) is 0.167. The van der Waals surface area contributed by atoms with E-state index in [1.807, 2.05) is 12.1 Å². The maximum atomic E-state index is 11.5. The van der Waals surface area contributed by atoms with E-state index in [-0.39, 0.29) is 16.4 Å². The molecular weight excluding hydrogens is 321 g/mol. The number of hydrogen-bond acceptors (Lipinski definition) is 4. The van der Waals surface area contributed by atoms with Crippen LogP contribution in [-0.4, -0.2) is 30.0 Å². The highest BCUT2D eigenvalue weighted by atomic mass is 35.5.